The van der Waals surface area contributed by atoms with Crippen LogP contribution in [0.4, 0.5) is 5.95 Å². The average Bonchev–Trinajstić information content (AvgIpc) is 2.72. The zero-order chi connectivity index (χ0) is 13.3. The van der Waals surface area contributed by atoms with Crippen molar-refractivity contribution in [2.75, 3.05) is 11.9 Å². The zero-order valence-corrected chi connectivity index (χ0v) is 12.0. The summed E-state index contributed by atoms with van der Waals surface area (Å²) < 4.78 is 0. The SMILES string of the molecule is CCCNc1ncc(CNC2CCCCCC2)cn1. The highest BCUT2D eigenvalue weighted by atomic mass is 15.1. The lowest BCUT2D eigenvalue weighted by atomic mass is 10.1. The molecule has 0 amide bonds. The first-order valence-electron chi connectivity index (χ1n) is 7.66. The monoisotopic (exact) mass is 262 g/mol. The largest absolute Gasteiger partial charge is 0.354 e. The zero-order valence-electron chi connectivity index (χ0n) is 12.0. The number of aromatic nitrogens is 2. The van der Waals surface area contributed by atoms with Crippen LogP contribution in [0.2, 0.25) is 0 Å². The van der Waals surface area contributed by atoms with E-state index in [1.54, 1.807) is 0 Å². The van der Waals surface area contributed by atoms with E-state index in [1.165, 1.54) is 44.1 Å². The molecule has 1 heterocycles. The summed E-state index contributed by atoms with van der Waals surface area (Å²) in [4.78, 5) is 8.67. The van der Waals surface area contributed by atoms with Crippen molar-refractivity contribution in [3.63, 3.8) is 0 Å². The number of anilines is 1. The lowest BCUT2D eigenvalue weighted by molar-refractivity contribution is 0.458. The molecule has 0 spiro atoms. The van der Waals surface area contributed by atoms with E-state index in [9.17, 15) is 0 Å². The lowest BCUT2D eigenvalue weighted by Crippen LogP contribution is -2.28. The summed E-state index contributed by atoms with van der Waals surface area (Å²) in [5.41, 5.74) is 1.17. The second-order valence-electron chi connectivity index (χ2n) is 5.41. The van der Waals surface area contributed by atoms with E-state index in [1.807, 2.05) is 12.4 Å². The number of hydrogen-bond donors (Lipinski definition) is 2. The molecule has 106 valence electrons. The van der Waals surface area contributed by atoms with Crippen molar-refractivity contribution in [1.29, 1.82) is 0 Å². The Morgan fingerprint density at radius 3 is 2.42 bits per heavy atom. The summed E-state index contributed by atoms with van der Waals surface area (Å²) in [6, 6.07) is 0.681. The van der Waals surface area contributed by atoms with Gasteiger partial charge in [-0.3, -0.25) is 0 Å². The average molecular weight is 262 g/mol. The third kappa shape index (κ3) is 5.15. The van der Waals surface area contributed by atoms with Crippen molar-refractivity contribution in [3.05, 3.63) is 18.0 Å². The first-order chi connectivity index (χ1) is 9.38. The van der Waals surface area contributed by atoms with Crippen molar-refractivity contribution in [2.24, 2.45) is 0 Å². The van der Waals surface area contributed by atoms with Gasteiger partial charge in [0.25, 0.3) is 0 Å². The number of hydrogen-bond acceptors (Lipinski definition) is 4. The Labute approximate surface area is 116 Å². The molecule has 0 radical (unpaired) electrons. The molecular weight excluding hydrogens is 236 g/mol. The van der Waals surface area contributed by atoms with Crippen LogP contribution in [0.15, 0.2) is 12.4 Å². The molecule has 0 bridgehead atoms. The van der Waals surface area contributed by atoms with Crippen LogP contribution < -0.4 is 10.6 Å². The minimum atomic E-state index is 0.681. The molecule has 1 aliphatic rings. The second kappa shape index (κ2) is 8.10. The van der Waals surface area contributed by atoms with Gasteiger partial charge < -0.3 is 10.6 Å². The maximum Gasteiger partial charge on any atom is 0.222 e. The molecule has 0 atom stereocenters. The quantitative estimate of drug-likeness (QED) is 0.773. The highest BCUT2D eigenvalue weighted by Crippen LogP contribution is 2.17. The maximum atomic E-state index is 4.34. The second-order valence-corrected chi connectivity index (χ2v) is 5.41. The topological polar surface area (TPSA) is 49.8 Å². The van der Waals surface area contributed by atoms with Crippen molar-refractivity contribution < 1.29 is 0 Å². The van der Waals surface area contributed by atoms with Gasteiger partial charge >= 0.3 is 0 Å². The molecule has 4 nitrogen and oxygen atoms in total. The van der Waals surface area contributed by atoms with Crippen LogP contribution in [0.3, 0.4) is 0 Å². The predicted molar refractivity (Wildman–Crippen MR) is 79.1 cm³/mol. The van der Waals surface area contributed by atoms with Gasteiger partial charge in [0, 0.05) is 37.1 Å². The van der Waals surface area contributed by atoms with Crippen LogP contribution >= 0.6 is 0 Å². The van der Waals surface area contributed by atoms with Crippen molar-refractivity contribution >= 4 is 5.95 Å². The van der Waals surface area contributed by atoms with Crippen LogP contribution in [0.25, 0.3) is 0 Å². The lowest BCUT2D eigenvalue weighted by Gasteiger charge is -2.15. The minimum Gasteiger partial charge on any atom is -0.354 e. The number of nitrogens with one attached hydrogen (secondary N) is 2. The molecule has 19 heavy (non-hydrogen) atoms. The summed E-state index contributed by atoms with van der Waals surface area (Å²) in [5.74, 6) is 0.736. The van der Waals surface area contributed by atoms with Crippen LogP contribution in [0.5, 0.6) is 0 Å². The van der Waals surface area contributed by atoms with E-state index in [0.29, 0.717) is 6.04 Å². The van der Waals surface area contributed by atoms with Crippen LogP contribution in [-0.4, -0.2) is 22.6 Å². The van der Waals surface area contributed by atoms with E-state index < -0.39 is 0 Å². The minimum absolute atomic E-state index is 0.681. The van der Waals surface area contributed by atoms with Gasteiger partial charge in [-0.1, -0.05) is 32.6 Å². The third-order valence-electron chi connectivity index (χ3n) is 3.69. The molecule has 2 N–H and O–H groups in total. The molecule has 1 fully saturated rings. The first kappa shape index (κ1) is 14.3. The van der Waals surface area contributed by atoms with Crippen molar-refractivity contribution in [2.45, 2.75) is 64.5 Å². The van der Waals surface area contributed by atoms with Crippen LogP contribution in [-0.2, 0) is 6.54 Å². The van der Waals surface area contributed by atoms with Gasteiger partial charge in [-0.05, 0) is 19.3 Å². The van der Waals surface area contributed by atoms with Gasteiger partial charge in [-0.25, -0.2) is 9.97 Å². The van der Waals surface area contributed by atoms with E-state index >= 15 is 0 Å². The fourth-order valence-electron chi connectivity index (χ4n) is 2.52. The third-order valence-corrected chi connectivity index (χ3v) is 3.69. The van der Waals surface area contributed by atoms with E-state index in [0.717, 1.165) is 25.5 Å². The van der Waals surface area contributed by atoms with E-state index in [4.69, 9.17) is 0 Å². The molecule has 4 heteroatoms. The molecular formula is C15H26N4. The van der Waals surface area contributed by atoms with Gasteiger partial charge in [-0.2, -0.15) is 0 Å². The summed E-state index contributed by atoms with van der Waals surface area (Å²) in [5, 5.41) is 6.83. The van der Waals surface area contributed by atoms with Crippen molar-refractivity contribution in [3.8, 4) is 0 Å². The van der Waals surface area contributed by atoms with Gasteiger partial charge in [-0.15, -0.1) is 0 Å². The Balaban J connectivity index is 1.75. The highest BCUT2D eigenvalue weighted by Gasteiger charge is 2.11. The Morgan fingerprint density at radius 2 is 1.79 bits per heavy atom. The predicted octanol–water partition coefficient (Wildman–Crippen LogP) is 3.11. The van der Waals surface area contributed by atoms with E-state index in [-0.39, 0.29) is 0 Å². The van der Waals surface area contributed by atoms with Crippen LogP contribution in [0, 0.1) is 0 Å². The summed E-state index contributed by atoms with van der Waals surface area (Å²) in [6.45, 7) is 3.95. The Kier molecular flexibility index (Phi) is 6.08. The van der Waals surface area contributed by atoms with E-state index in [2.05, 4.69) is 27.5 Å². The smallest absolute Gasteiger partial charge is 0.222 e. The molecule has 0 aromatic carbocycles. The molecule has 1 aliphatic carbocycles. The molecule has 1 aromatic heterocycles. The summed E-state index contributed by atoms with van der Waals surface area (Å²) >= 11 is 0. The van der Waals surface area contributed by atoms with Gasteiger partial charge in [0.15, 0.2) is 0 Å². The van der Waals surface area contributed by atoms with Gasteiger partial charge in [0.05, 0.1) is 0 Å². The Bertz CT molecular complexity index is 342. The normalized spacial score (nSPS) is 17.1. The van der Waals surface area contributed by atoms with Crippen molar-refractivity contribution in [1.82, 2.24) is 15.3 Å². The Hall–Kier alpha value is -1.16. The highest BCUT2D eigenvalue weighted by molar-refractivity contribution is 5.24. The maximum absolute atomic E-state index is 4.34. The molecule has 0 unspecified atom stereocenters. The van der Waals surface area contributed by atoms with Gasteiger partial charge in [0.1, 0.15) is 0 Å². The fraction of sp³-hybridized carbons (Fsp3) is 0.733. The van der Waals surface area contributed by atoms with Gasteiger partial charge in [0.2, 0.25) is 5.95 Å². The molecule has 0 aliphatic heterocycles. The fourth-order valence-corrected chi connectivity index (χ4v) is 2.52. The van der Waals surface area contributed by atoms with Crippen LogP contribution in [0.1, 0.15) is 57.4 Å². The molecule has 2 rings (SSSR count). The molecule has 1 aromatic rings. The summed E-state index contributed by atoms with van der Waals surface area (Å²) in [6.07, 6.45) is 13.1. The first-order valence-corrected chi connectivity index (χ1v) is 7.66. The summed E-state index contributed by atoms with van der Waals surface area (Å²) in [7, 11) is 0. The number of rotatable bonds is 6. The molecule has 0 saturated heterocycles. The Morgan fingerprint density at radius 1 is 1.11 bits per heavy atom. The standard InChI is InChI=1S/C15H26N4/c1-2-9-16-15-18-11-13(12-19-15)10-17-14-7-5-3-4-6-8-14/h11-12,14,17H,2-10H2,1H3,(H,16,18,19). The number of nitrogens with zero attached hydrogens (tertiary/aromatic N) is 2. The molecule has 1 saturated carbocycles.